The monoisotopic (exact) mass is 218 g/mol. The molecule has 0 aliphatic carbocycles. The van der Waals surface area contributed by atoms with E-state index in [0.29, 0.717) is 5.69 Å². The summed E-state index contributed by atoms with van der Waals surface area (Å²) in [4.78, 5) is 14.5. The number of aromatic nitrogens is 1. The lowest BCUT2D eigenvalue weighted by Gasteiger charge is -2.03. The summed E-state index contributed by atoms with van der Waals surface area (Å²) in [5.41, 5.74) is 1.44. The first-order valence-electron chi connectivity index (χ1n) is 4.92. The first-order valence-corrected chi connectivity index (χ1v) is 4.92. The summed E-state index contributed by atoms with van der Waals surface area (Å²) in [6.07, 6.45) is 2.05. The molecule has 1 heterocycles. The average Bonchev–Trinajstić information content (AvgIpc) is 2.74. The van der Waals surface area contributed by atoms with E-state index in [4.69, 9.17) is 0 Å². The van der Waals surface area contributed by atoms with Crippen molar-refractivity contribution in [3.05, 3.63) is 54.1 Å². The van der Waals surface area contributed by atoms with Crippen molar-refractivity contribution in [3.8, 4) is 0 Å². The van der Waals surface area contributed by atoms with Crippen molar-refractivity contribution in [1.29, 1.82) is 0 Å². The van der Waals surface area contributed by atoms with Crippen LogP contribution in [0.4, 0.5) is 10.1 Å². The maximum Gasteiger partial charge on any atom is 0.230 e. The molecule has 0 aliphatic heterocycles. The van der Waals surface area contributed by atoms with Gasteiger partial charge in [0.15, 0.2) is 0 Å². The molecule has 0 saturated heterocycles. The number of rotatable bonds is 3. The van der Waals surface area contributed by atoms with Gasteiger partial charge in [0.1, 0.15) is 5.82 Å². The van der Waals surface area contributed by atoms with Crippen LogP contribution in [-0.4, -0.2) is 10.9 Å². The van der Waals surface area contributed by atoms with Crippen LogP contribution in [0.15, 0.2) is 42.6 Å². The number of hydrogen-bond donors (Lipinski definition) is 2. The molecule has 16 heavy (non-hydrogen) atoms. The molecule has 2 rings (SSSR count). The minimum atomic E-state index is -0.317. The smallest absolute Gasteiger partial charge is 0.230 e. The van der Waals surface area contributed by atoms with Crippen LogP contribution in [0.5, 0.6) is 0 Å². The molecular formula is C12H11FN2O. The molecule has 0 atom stereocenters. The number of anilines is 1. The van der Waals surface area contributed by atoms with Gasteiger partial charge >= 0.3 is 0 Å². The molecule has 0 unspecified atom stereocenters. The van der Waals surface area contributed by atoms with E-state index in [1.165, 1.54) is 24.3 Å². The number of amides is 1. The van der Waals surface area contributed by atoms with E-state index >= 15 is 0 Å². The Hall–Kier alpha value is -2.10. The van der Waals surface area contributed by atoms with Crippen molar-refractivity contribution in [1.82, 2.24) is 4.98 Å². The molecule has 82 valence electrons. The predicted molar refractivity (Wildman–Crippen MR) is 59.5 cm³/mol. The van der Waals surface area contributed by atoms with E-state index < -0.39 is 0 Å². The number of aromatic amines is 1. The van der Waals surface area contributed by atoms with Gasteiger partial charge in [-0.2, -0.15) is 0 Å². The lowest BCUT2D eigenvalue weighted by Crippen LogP contribution is -2.14. The standard InChI is InChI=1S/C12H11FN2O/c13-9-3-5-10(6-4-9)15-12(16)8-11-2-1-7-14-11/h1-7,14H,8H2,(H,15,16). The van der Waals surface area contributed by atoms with Gasteiger partial charge in [0.2, 0.25) is 5.91 Å². The molecular weight excluding hydrogens is 207 g/mol. The van der Waals surface area contributed by atoms with E-state index in [-0.39, 0.29) is 18.1 Å². The van der Waals surface area contributed by atoms with Gasteiger partial charge in [-0.15, -0.1) is 0 Å². The number of nitrogens with one attached hydrogen (secondary N) is 2. The van der Waals surface area contributed by atoms with Crippen LogP contribution >= 0.6 is 0 Å². The third kappa shape index (κ3) is 2.70. The van der Waals surface area contributed by atoms with Gasteiger partial charge in [-0.3, -0.25) is 4.79 Å². The first-order chi connectivity index (χ1) is 7.74. The van der Waals surface area contributed by atoms with Gasteiger partial charge < -0.3 is 10.3 Å². The molecule has 1 aromatic heterocycles. The zero-order chi connectivity index (χ0) is 11.4. The molecule has 1 aromatic carbocycles. The topological polar surface area (TPSA) is 44.9 Å². The summed E-state index contributed by atoms with van der Waals surface area (Å²) >= 11 is 0. The molecule has 0 saturated carbocycles. The maximum absolute atomic E-state index is 12.6. The Labute approximate surface area is 92.3 Å². The van der Waals surface area contributed by atoms with E-state index in [1.807, 2.05) is 12.1 Å². The molecule has 1 amide bonds. The number of H-pyrrole nitrogens is 1. The fourth-order valence-corrected chi connectivity index (χ4v) is 1.39. The SMILES string of the molecule is O=C(Cc1ccc[nH]1)Nc1ccc(F)cc1. The summed E-state index contributed by atoms with van der Waals surface area (Å²) in [6.45, 7) is 0. The fraction of sp³-hybridized carbons (Fsp3) is 0.0833. The second-order valence-electron chi connectivity index (χ2n) is 3.43. The number of halogens is 1. The second-order valence-corrected chi connectivity index (χ2v) is 3.43. The van der Waals surface area contributed by atoms with Crippen LogP contribution in [0.3, 0.4) is 0 Å². The summed E-state index contributed by atoms with van der Waals surface area (Å²) in [5.74, 6) is -0.448. The van der Waals surface area contributed by atoms with Crippen molar-refractivity contribution in [2.45, 2.75) is 6.42 Å². The largest absolute Gasteiger partial charge is 0.365 e. The lowest BCUT2D eigenvalue weighted by molar-refractivity contribution is -0.115. The number of benzene rings is 1. The van der Waals surface area contributed by atoms with Crippen molar-refractivity contribution < 1.29 is 9.18 Å². The van der Waals surface area contributed by atoms with Crippen LogP contribution in [0.1, 0.15) is 5.69 Å². The highest BCUT2D eigenvalue weighted by Crippen LogP contribution is 2.08. The van der Waals surface area contributed by atoms with E-state index in [0.717, 1.165) is 5.69 Å². The Morgan fingerprint density at radius 3 is 2.62 bits per heavy atom. The van der Waals surface area contributed by atoms with Crippen LogP contribution in [0, 0.1) is 5.82 Å². The Kier molecular flexibility index (Phi) is 3.00. The van der Waals surface area contributed by atoms with Gasteiger partial charge in [0, 0.05) is 17.6 Å². The number of hydrogen-bond acceptors (Lipinski definition) is 1. The van der Waals surface area contributed by atoms with E-state index in [9.17, 15) is 9.18 Å². The zero-order valence-corrected chi connectivity index (χ0v) is 8.53. The first kappa shape index (κ1) is 10.4. The minimum Gasteiger partial charge on any atom is -0.365 e. The molecule has 0 radical (unpaired) electrons. The summed E-state index contributed by atoms with van der Waals surface area (Å²) in [7, 11) is 0. The molecule has 0 bridgehead atoms. The normalized spacial score (nSPS) is 10.1. The Bertz CT molecular complexity index is 462. The van der Waals surface area contributed by atoms with Crippen LogP contribution < -0.4 is 5.32 Å². The molecule has 2 N–H and O–H groups in total. The molecule has 0 fully saturated rings. The summed E-state index contributed by atoms with van der Waals surface area (Å²) in [5, 5.41) is 2.68. The highest BCUT2D eigenvalue weighted by atomic mass is 19.1. The van der Waals surface area contributed by atoms with Crippen molar-refractivity contribution >= 4 is 11.6 Å². The third-order valence-corrected chi connectivity index (χ3v) is 2.14. The molecule has 0 spiro atoms. The van der Waals surface area contributed by atoms with Gasteiger partial charge in [0.25, 0.3) is 0 Å². The maximum atomic E-state index is 12.6. The molecule has 3 nitrogen and oxygen atoms in total. The van der Waals surface area contributed by atoms with Crippen LogP contribution in [0.2, 0.25) is 0 Å². The second kappa shape index (κ2) is 4.61. The summed E-state index contributed by atoms with van der Waals surface area (Å²) in [6, 6.07) is 9.35. The van der Waals surface area contributed by atoms with Gasteiger partial charge in [-0.1, -0.05) is 0 Å². The van der Waals surface area contributed by atoms with Crippen molar-refractivity contribution in [3.63, 3.8) is 0 Å². The predicted octanol–water partition coefficient (Wildman–Crippen LogP) is 2.33. The van der Waals surface area contributed by atoms with Crippen LogP contribution in [0.25, 0.3) is 0 Å². The van der Waals surface area contributed by atoms with E-state index in [2.05, 4.69) is 10.3 Å². The Morgan fingerprint density at radius 1 is 1.25 bits per heavy atom. The third-order valence-electron chi connectivity index (χ3n) is 2.14. The lowest BCUT2D eigenvalue weighted by atomic mass is 10.2. The molecule has 2 aromatic rings. The van der Waals surface area contributed by atoms with Gasteiger partial charge in [-0.05, 0) is 36.4 Å². The highest BCUT2D eigenvalue weighted by molar-refractivity contribution is 5.91. The van der Waals surface area contributed by atoms with Gasteiger partial charge in [0.05, 0.1) is 6.42 Å². The highest BCUT2D eigenvalue weighted by Gasteiger charge is 2.04. The van der Waals surface area contributed by atoms with Crippen molar-refractivity contribution in [2.75, 3.05) is 5.32 Å². The molecule has 4 heteroatoms. The zero-order valence-electron chi connectivity index (χ0n) is 8.53. The Balaban J connectivity index is 1.95. The fourth-order valence-electron chi connectivity index (χ4n) is 1.39. The van der Waals surface area contributed by atoms with Crippen LogP contribution in [-0.2, 0) is 11.2 Å². The Morgan fingerprint density at radius 2 is 2.00 bits per heavy atom. The summed E-state index contributed by atoms with van der Waals surface area (Å²) < 4.78 is 12.6. The number of carbonyl (C=O) groups is 1. The minimum absolute atomic E-state index is 0.131. The molecule has 0 aliphatic rings. The average molecular weight is 218 g/mol. The quantitative estimate of drug-likeness (QED) is 0.816. The number of carbonyl (C=O) groups excluding carboxylic acids is 1. The van der Waals surface area contributed by atoms with Crippen molar-refractivity contribution in [2.24, 2.45) is 0 Å². The van der Waals surface area contributed by atoms with E-state index in [1.54, 1.807) is 6.20 Å². The van der Waals surface area contributed by atoms with Gasteiger partial charge in [-0.25, -0.2) is 4.39 Å².